The second-order valence-electron chi connectivity index (χ2n) is 11.8. The van der Waals surface area contributed by atoms with Crippen LogP contribution in [-0.4, -0.2) is 56.7 Å². The van der Waals surface area contributed by atoms with E-state index in [1.807, 2.05) is 13.0 Å². The van der Waals surface area contributed by atoms with Gasteiger partial charge in [-0.1, -0.05) is 51.0 Å². The van der Waals surface area contributed by atoms with Crippen molar-refractivity contribution in [3.8, 4) is 0 Å². The Morgan fingerprint density at radius 3 is 2.29 bits per heavy atom. The monoisotopic (exact) mass is 554 g/mol. The third-order valence-electron chi connectivity index (χ3n) is 9.47. The molecule has 0 aromatic carbocycles. The number of rotatable bonds is 7. The molecule has 38 heavy (non-hydrogen) atoms. The van der Waals surface area contributed by atoms with Gasteiger partial charge in [-0.15, -0.1) is 0 Å². The van der Waals surface area contributed by atoms with Crippen LogP contribution in [0.1, 0.15) is 78.1 Å². The minimum absolute atomic E-state index is 0.0168. The SMILES string of the molecule is C=C1/C(=C\C=C2/CCC[C@]3(C)[C@@H]([C@H](C)CCCC(O)C(O)(C(F)(F)F)C(F)(F)F)CC[C@@H]23)C[C@@H](O)C[C@@H]1O. The van der Waals surface area contributed by atoms with Crippen molar-refractivity contribution in [2.24, 2.45) is 23.2 Å². The van der Waals surface area contributed by atoms with Crippen LogP contribution in [0.4, 0.5) is 26.3 Å². The topological polar surface area (TPSA) is 80.9 Å². The highest BCUT2D eigenvalue weighted by Crippen LogP contribution is 2.60. The van der Waals surface area contributed by atoms with Gasteiger partial charge in [0.2, 0.25) is 0 Å². The number of aliphatic hydroxyl groups is 4. The molecule has 0 heterocycles. The van der Waals surface area contributed by atoms with Gasteiger partial charge >= 0.3 is 12.4 Å². The average Bonchev–Trinajstić information content (AvgIpc) is 3.15. The van der Waals surface area contributed by atoms with Crippen LogP contribution < -0.4 is 0 Å². The Labute approximate surface area is 220 Å². The summed E-state index contributed by atoms with van der Waals surface area (Å²) in [6, 6.07) is 0. The average molecular weight is 555 g/mol. The number of alkyl halides is 6. The lowest BCUT2D eigenvalue weighted by molar-refractivity contribution is -0.391. The molecule has 3 aliphatic carbocycles. The number of halogens is 6. The molecule has 0 aliphatic heterocycles. The molecule has 0 saturated heterocycles. The van der Waals surface area contributed by atoms with Crippen molar-refractivity contribution in [2.75, 3.05) is 0 Å². The fourth-order valence-electron chi connectivity index (χ4n) is 7.26. The first-order valence-corrected chi connectivity index (χ1v) is 13.4. The van der Waals surface area contributed by atoms with Gasteiger partial charge in [-0.05, 0) is 79.3 Å². The van der Waals surface area contributed by atoms with Crippen LogP contribution in [0.25, 0.3) is 0 Å². The molecular weight excluding hydrogens is 514 g/mol. The van der Waals surface area contributed by atoms with Crippen molar-refractivity contribution < 1.29 is 46.8 Å². The first kappa shape index (κ1) is 31.2. The molecule has 0 amide bonds. The van der Waals surface area contributed by atoms with E-state index in [9.17, 15) is 46.8 Å². The number of hydrogen-bond donors (Lipinski definition) is 4. The summed E-state index contributed by atoms with van der Waals surface area (Å²) in [7, 11) is 0. The molecule has 0 aromatic rings. The first-order chi connectivity index (χ1) is 17.4. The zero-order chi connectivity index (χ0) is 28.7. The van der Waals surface area contributed by atoms with Gasteiger partial charge in [0.1, 0.15) is 6.10 Å². The Hall–Kier alpha value is -1.36. The van der Waals surface area contributed by atoms with Gasteiger partial charge in [-0.25, -0.2) is 0 Å². The van der Waals surface area contributed by atoms with Gasteiger partial charge in [-0.3, -0.25) is 0 Å². The fourth-order valence-corrected chi connectivity index (χ4v) is 7.26. The van der Waals surface area contributed by atoms with Crippen molar-refractivity contribution in [3.05, 3.63) is 35.5 Å². The van der Waals surface area contributed by atoms with Crippen molar-refractivity contribution in [1.29, 1.82) is 0 Å². The van der Waals surface area contributed by atoms with Gasteiger partial charge < -0.3 is 20.4 Å². The molecule has 4 N–H and O–H groups in total. The summed E-state index contributed by atoms with van der Waals surface area (Å²) >= 11 is 0. The number of aliphatic hydroxyl groups excluding tert-OH is 3. The van der Waals surface area contributed by atoms with Crippen molar-refractivity contribution >= 4 is 0 Å². The summed E-state index contributed by atoms with van der Waals surface area (Å²) in [5, 5.41) is 39.3. The summed E-state index contributed by atoms with van der Waals surface area (Å²) < 4.78 is 78.2. The van der Waals surface area contributed by atoms with E-state index in [0.29, 0.717) is 24.3 Å². The molecule has 218 valence electrons. The molecule has 0 radical (unpaired) electrons. The van der Waals surface area contributed by atoms with Crippen molar-refractivity contribution in [2.45, 2.75) is 114 Å². The van der Waals surface area contributed by atoms with Crippen LogP contribution in [0.15, 0.2) is 35.5 Å². The highest BCUT2D eigenvalue weighted by atomic mass is 19.4. The minimum atomic E-state index is -6.04. The molecule has 3 saturated carbocycles. The molecule has 3 rings (SSSR count). The van der Waals surface area contributed by atoms with Gasteiger partial charge in [0.15, 0.2) is 0 Å². The molecule has 10 heteroatoms. The number of allylic oxidation sites excluding steroid dienone is 3. The Balaban J connectivity index is 1.66. The van der Waals surface area contributed by atoms with Crippen LogP contribution in [0.5, 0.6) is 0 Å². The summed E-state index contributed by atoms with van der Waals surface area (Å²) in [6.07, 6.45) is -7.61. The van der Waals surface area contributed by atoms with Gasteiger partial charge in [0, 0.05) is 6.42 Å². The van der Waals surface area contributed by atoms with E-state index in [4.69, 9.17) is 0 Å². The first-order valence-electron chi connectivity index (χ1n) is 13.4. The summed E-state index contributed by atoms with van der Waals surface area (Å²) in [6.45, 7) is 8.12. The maximum Gasteiger partial charge on any atom is 0.428 e. The molecule has 0 aromatic heterocycles. The molecule has 3 aliphatic rings. The van der Waals surface area contributed by atoms with Crippen LogP contribution >= 0.6 is 0 Å². The minimum Gasteiger partial charge on any atom is -0.393 e. The van der Waals surface area contributed by atoms with Crippen LogP contribution in [0.3, 0.4) is 0 Å². The standard InChI is InChI=1S/C28H40F6O4/c1-16(6-4-8-24(37)26(38,27(29,30)31)28(32,33)34)21-11-12-22-18(7-5-13-25(21,22)3)9-10-19-14-20(35)15-23(36)17(19)2/h9-10,16,20-24,35-38H,2,4-8,11-15H2,1,3H3/b18-9+,19-10-/t16-,20-,21-,22+,23+,24?,25-/m1/s1. The molecule has 0 spiro atoms. The zero-order valence-electron chi connectivity index (χ0n) is 22.0. The van der Waals surface area contributed by atoms with E-state index < -0.39 is 42.7 Å². The summed E-state index contributed by atoms with van der Waals surface area (Å²) in [5.74, 6) is 0.528. The lowest BCUT2D eigenvalue weighted by Gasteiger charge is -2.44. The molecule has 0 bridgehead atoms. The Bertz CT molecular complexity index is 909. The number of fused-ring (bicyclic) bond motifs is 1. The molecule has 4 nitrogen and oxygen atoms in total. The molecule has 3 fully saturated rings. The maximum atomic E-state index is 13.0. The molecule has 7 atom stereocenters. The highest BCUT2D eigenvalue weighted by molar-refractivity contribution is 5.38. The van der Waals surface area contributed by atoms with E-state index in [0.717, 1.165) is 37.7 Å². The molecular formula is C28H40F6O4. The van der Waals surface area contributed by atoms with E-state index in [-0.39, 0.29) is 30.1 Å². The Kier molecular flexibility index (Phi) is 9.23. The quantitative estimate of drug-likeness (QED) is 0.285. The zero-order valence-corrected chi connectivity index (χ0v) is 22.0. The Morgan fingerprint density at radius 1 is 1.05 bits per heavy atom. The largest absolute Gasteiger partial charge is 0.428 e. The van der Waals surface area contributed by atoms with Crippen molar-refractivity contribution in [1.82, 2.24) is 0 Å². The third-order valence-corrected chi connectivity index (χ3v) is 9.47. The molecule has 1 unspecified atom stereocenters. The van der Waals surface area contributed by atoms with Gasteiger partial charge in [0.25, 0.3) is 5.60 Å². The summed E-state index contributed by atoms with van der Waals surface area (Å²) in [4.78, 5) is 0. The van der Waals surface area contributed by atoms with Crippen molar-refractivity contribution in [3.63, 3.8) is 0 Å². The second kappa shape index (κ2) is 11.3. The summed E-state index contributed by atoms with van der Waals surface area (Å²) in [5.41, 5.74) is -2.49. The predicted octanol–water partition coefficient (Wildman–Crippen LogP) is 6.15. The predicted molar refractivity (Wildman–Crippen MR) is 131 cm³/mol. The number of hydrogen-bond acceptors (Lipinski definition) is 4. The van der Waals surface area contributed by atoms with E-state index in [1.54, 1.807) is 0 Å². The lowest BCUT2D eigenvalue weighted by Crippen LogP contribution is -2.64. The van der Waals surface area contributed by atoms with E-state index >= 15 is 0 Å². The highest BCUT2D eigenvalue weighted by Gasteiger charge is 2.73. The fraction of sp³-hybridized carbons (Fsp3) is 0.786. The van der Waals surface area contributed by atoms with Gasteiger partial charge in [-0.2, -0.15) is 26.3 Å². The van der Waals surface area contributed by atoms with Crippen LogP contribution in [0.2, 0.25) is 0 Å². The Morgan fingerprint density at radius 2 is 1.68 bits per heavy atom. The third kappa shape index (κ3) is 5.88. The maximum absolute atomic E-state index is 13.0. The van der Waals surface area contributed by atoms with Gasteiger partial charge in [0.05, 0.1) is 12.2 Å². The van der Waals surface area contributed by atoms with E-state index in [1.165, 1.54) is 5.57 Å². The smallest absolute Gasteiger partial charge is 0.393 e. The van der Waals surface area contributed by atoms with Crippen LogP contribution in [0, 0.1) is 23.2 Å². The van der Waals surface area contributed by atoms with Crippen LogP contribution in [-0.2, 0) is 0 Å². The normalized spacial score (nSPS) is 35.0. The second-order valence-corrected chi connectivity index (χ2v) is 11.8. The lowest BCUT2D eigenvalue weighted by atomic mass is 9.60. The van der Waals surface area contributed by atoms with E-state index in [2.05, 4.69) is 19.6 Å².